The van der Waals surface area contributed by atoms with Crippen LogP contribution in [0.25, 0.3) is 0 Å². The van der Waals surface area contributed by atoms with E-state index in [4.69, 9.17) is 4.74 Å². The van der Waals surface area contributed by atoms with Gasteiger partial charge in [0.25, 0.3) is 0 Å². The molecule has 1 saturated heterocycles. The maximum atomic E-state index is 14.1. The Bertz CT molecular complexity index is 849. The number of halogens is 2. The van der Waals surface area contributed by atoms with Crippen LogP contribution in [-0.2, 0) is 16.0 Å². The first-order chi connectivity index (χ1) is 13.6. The summed E-state index contributed by atoms with van der Waals surface area (Å²) in [5, 5.41) is 12.2. The third kappa shape index (κ3) is 4.89. The van der Waals surface area contributed by atoms with Crippen molar-refractivity contribution in [1.82, 2.24) is 10.2 Å². The zero-order valence-corrected chi connectivity index (χ0v) is 18.3. The molecule has 2 fully saturated rings. The number of amides is 2. The quantitative estimate of drug-likeness (QED) is 0.729. The molecule has 2 aliphatic rings. The molecule has 1 unspecified atom stereocenters. The van der Waals surface area contributed by atoms with Gasteiger partial charge in [-0.05, 0) is 63.6 Å². The molecule has 4 atom stereocenters. The van der Waals surface area contributed by atoms with Crippen LogP contribution in [0.5, 0.6) is 0 Å². The maximum Gasteiger partial charge on any atom is 0.411 e. The van der Waals surface area contributed by atoms with Gasteiger partial charge < -0.3 is 10.1 Å². The topological polar surface area (TPSA) is 82.4 Å². The summed E-state index contributed by atoms with van der Waals surface area (Å²) in [5.41, 5.74) is -0.314. The van der Waals surface area contributed by atoms with Crippen molar-refractivity contribution in [3.05, 3.63) is 34.1 Å². The summed E-state index contributed by atoms with van der Waals surface area (Å²) in [6.07, 6.45) is 2.02. The minimum Gasteiger partial charge on any atom is -0.444 e. The molecule has 0 radical (unpaired) electrons. The van der Waals surface area contributed by atoms with Crippen molar-refractivity contribution in [2.24, 2.45) is 5.92 Å². The number of carbonyl (C=O) groups is 2. The number of nitrogens with one attached hydrogen (secondary N) is 1. The monoisotopic (exact) mass is 465 g/mol. The van der Waals surface area contributed by atoms with Gasteiger partial charge in [-0.15, -0.1) is 0 Å². The number of nitriles is 1. The van der Waals surface area contributed by atoms with Crippen molar-refractivity contribution < 1.29 is 18.7 Å². The number of fused-ring (bicyclic) bond motifs is 2. The molecule has 3 rings (SSSR count). The molecule has 156 valence electrons. The fraction of sp³-hybridized carbons (Fsp3) is 0.571. The largest absolute Gasteiger partial charge is 0.444 e. The number of benzene rings is 1. The van der Waals surface area contributed by atoms with Crippen molar-refractivity contribution in [3.63, 3.8) is 0 Å². The van der Waals surface area contributed by atoms with Crippen LogP contribution < -0.4 is 5.32 Å². The maximum absolute atomic E-state index is 14.1. The molecule has 1 aromatic rings. The summed E-state index contributed by atoms with van der Waals surface area (Å²) in [4.78, 5) is 27.2. The molecule has 29 heavy (non-hydrogen) atoms. The first kappa shape index (κ1) is 21.6. The lowest BCUT2D eigenvalue weighted by Crippen LogP contribution is -2.55. The summed E-state index contributed by atoms with van der Waals surface area (Å²) >= 11 is 3.20. The van der Waals surface area contributed by atoms with Crippen LogP contribution in [0.15, 0.2) is 22.7 Å². The number of nitrogens with zero attached hydrogens (tertiary/aromatic N) is 2. The van der Waals surface area contributed by atoms with E-state index in [9.17, 15) is 19.2 Å². The molecule has 1 aliphatic carbocycles. The van der Waals surface area contributed by atoms with E-state index in [0.717, 1.165) is 19.3 Å². The first-order valence-electron chi connectivity index (χ1n) is 9.74. The van der Waals surface area contributed by atoms with E-state index >= 15 is 0 Å². The molecule has 2 bridgehead atoms. The second-order valence-corrected chi connectivity index (χ2v) is 9.61. The summed E-state index contributed by atoms with van der Waals surface area (Å²) < 4.78 is 20.2. The van der Waals surface area contributed by atoms with E-state index in [-0.39, 0.29) is 24.3 Å². The first-order valence-corrected chi connectivity index (χ1v) is 10.5. The number of likely N-dealkylation sites (tertiary alicyclic amines) is 1. The molecular formula is C21H25BrFN3O3. The molecular weight excluding hydrogens is 441 g/mol. The Kier molecular flexibility index (Phi) is 6.18. The SMILES string of the molecule is CC(C)(C)OC(=O)N1[C@@H]2CC[C@@H](C2)[C@H]1C(=O)NC(C#N)Cc1ccc(Br)cc1F. The van der Waals surface area contributed by atoms with E-state index < -0.39 is 29.6 Å². The van der Waals surface area contributed by atoms with Crippen molar-refractivity contribution in [2.75, 3.05) is 0 Å². The van der Waals surface area contributed by atoms with Crippen LogP contribution in [0.2, 0.25) is 0 Å². The third-order valence-electron chi connectivity index (χ3n) is 5.37. The molecule has 1 heterocycles. The Morgan fingerprint density at radius 2 is 2.14 bits per heavy atom. The molecule has 1 saturated carbocycles. The van der Waals surface area contributed by atoms with E-state index in [1.54, 1.807) is 32.9 Å². The van der Waals surface area contributed by atoms with Crippen LogP contribution in [0, 0.1) is 23.1 Å². The summed E-state index contributed by atoms with van der Waals surface area (Å²) in [5.74, 6) is -0.771. The average molecular weight is 466 g/mol. The van der Waals surface area contributed by atoms with Gasteiger partial charge in [0.05, 0.1) is 6.07 Å². The van der Waals surface area contributed by atoms with Crippen molar-refractivity contribution in [3.8, 4) is 6.07 Å². The lowest BCUT2D eigenvalue weighted by atomic mass is 9.97. The second-order valence-electron chi connectivity index (χ2n) is 8.69. The number of hydrogen-bond acceptors (Lipinski definition) is 4. The summed E-state index contributed by atoms with van der Waals surface area (Å²) in [7, 11) is 0. The summed E-state index contributed by atoms with van der Waals surface area (Å²) in [6.45, 7) is 5.35. The van der Waals surface area contributed by atoms with Crippen LogP contribution in [0.1, 0.15) is 45.6 Å². The lowest BCUT2D eigenvalue weighted by molar-refractivity contribution is -0.128. The number of rotatable bonds is 4. The van der Waals surface area contributed by atoms with Gasteiger partial charge in [0, 0.05) is 16.9 Å². The summed E-state index contributed by atoms with van der Waals surface area (Å²) in [6, 6.07) is 5.06. The van der Waals surface area contributed by atoms with Gasteiger partial charge >= 0.3 is 6.09 Å². The highest BCUT2D eigenvalue weighted by atomic mass is 79.9. The molecule has 6 nitrogen and oxygen atoms in total. The highest BCUT2D eigenvalue weighted by Gasteiger charge is 2.52. The van der Waals surface area contributed by atoms with Gasteiger partial charge in [-0.25, -0.2) is 9.18 Å². The van der Waals surface area contributed by atoms with E-state index in [0.29, 0.717) is 10.0 Å². The molecule has 1 aliphatic heterocycles. The predicted octanol–water partition coefficient (Wildman–Crippen LogP) is 3.93. The predicted molar refractivity (Wildman–Crippen MR) is 108 cm³/mol. The molecule has 0 spiro atoms. The van der Waals surface area contributed by atoms with Crippen molar-refractivity contribution in [1.29, 1.82) is 5.26 Å². The van der Waals surface area contributed by atoms with Crippen LogP contribution in [0.3, 0.4) is 0 Å². The smallest absolute Gasteiger partial charge is 0.411 e. The minimum atomic E-state index is -0.891. The minimum absolute atomic E-state index is 0.0185. The fourth-order valence-corrected chi connectivity index (χ4v) is 4.53. The molecule has 8 heteroatoms. The van der Waals surface area contributed by atoms with Crippen LogP contribution in [0.4, 0.5) is 9.18 Å². The zero-order chi connectivity index (χ0) is 21.3. The number of piperidine rings is 1. The molecule has 2 amide bonds. The third-order valence-corrected chi connectivity index (χ3v) is 5.86. The van der Waals surface area contributed by atoms with Crippen LogP contribution >= 0.6 is 15.9 Å². The highest BCUT2D eigenvalue weighted by molar-refractivity contribution is 9.10. The van der Waals surface area contributed by atoms with E-state index in [2.05, 4.69) is 21.2 Å². The Hall–Kier alpha value is -2.14. The van der Waals surface area contributed by atoms with E-state index in [1.165, 1.54) is 11.0 Å². The van der Waals surface area contributed by atoms with Gasteiger partial charge in [-0.1, -0.05) is 22.0 Å². The Balaban J connectivity index is 1.72. The fourth-order valence-electron chi connectivity index (χ4n) is 4.20. The molecule has 1 aromatic carbocycles. The van der Waals surface area contributed by atoms with Crippen molar-refractivity contribution >= 4 is 27.9 Å². The second kappa shape index (κ2) is 8.31. The Morgan fingerprint density at radius 3 is 2.76 bits per heavy atom. The van der Waals surface area contributed by atoms with Gasteiger partial charge in [0.1, 0.15) is 23.5 Å². The lowest BCUT2D eigenvalue weighted by Gasteiger charge is -2.35. The number of hydrogen-bond donors (Lipinski definition) is 1. The normalized spacial score (nSPS) is 24.1. The van der Waals surface area contributed by atoms with E-state index in [1.807, 2.05) is 6.07 Å². The van der Waals surface area contributed by atoms with Gasteiger partial charge in [-0.2, -0.15) is 5.26 Å². The zero-order valence-electron chi connectivity index (χ0n) is 16.7. The van der Waals surface area contributed by atoms with Crippen molar-refractivity contribution in [2.45, 2.75) is 70.2 Å². The standard InChI is InChI=1S/C21H25BrFN3O3/c1-21(2,3)29-20(28)26-16-7-5-13(9-16)18(26)19(27)25-15(11-24)8-12-4-6-14(22)10-17(12)23/h4,6,10,13,15-16,18H,5,7-9H2,1-3H3,(H,25,27)/t13-,15?,16+,18-/m0/s1. The Morgan fingerprint density at radius 1 is 1.41 bits per heavy atom. The van der Waals surface area contributed by atoms with Gasteiger partial charge in [0.2, 0.25) is 5.91 Å². The molecule has 1 N–H and O–H groups in total. The number of ether oxygens (including phenoxy) is 1. The number of carbonyl (C=O) groups excluding carboxylic acids is 2. The van der Waals surface area contributed by atoms with Gasteiger partial charge in [0.15, 0.2) is 0 Å². The average Bonchev–Trinajstić information content (AvgIpc) is 3.23. The van der Waals surface area contributed by atoms with Crippen LogP contribution in [-0.4, -0.2) is 40.6 Å². The van der Waals surface area contributed by atoms with Gasteiger partial charge in [-0.3, -0.25) is 9.69 Å². The highest BCUT2D eigenvalue weighted by Crippen LogP contribution is 2.43. The Labute approximate surface area is 178 Å². The molecule has 0 aromatic heterocycles.